The lowest BCUT2D eigenvalue weighted by Gasteiger charge is -2.35. The molecular formula is C14H19BBrN5O2S. The average molecular weight is 412 g/mol. The Hall–Kier alpha value is -1.52. The van der Waals surface area contributed by atoms with Crippen molar-refractivity contribution in [2.24, 2.45) is 0 Å². The number of anilines is 3. The van der Waals surface area contributed by atoms with Gasteiger partial charge < -0.3 is 24.1 Å². The molecule has 2 aromatic rings. The van der Waals surface area contributed by atoms with Crippen molar-refractivity contribution in [2.45, 2.75) is 0 Å². The van der Waals surface area contributed by atoms with Crippen LogP contribution in [0.3, 0.4) is 0 Å². The van der Waals surface area contributed by atoms with Crippen LogP contribution >= 0.6 is 28.2 Å². The number of hydrogen-bond donors (Lipinski definition) is 2. The molecule has 7 nitrogen and oxygen atoms in total. The number of rotatable bonds is 6. The SMILES string of the molecule is CSN1CCN(c2ccc(OBr)c(NBc3coc(N)n3)c2)CC1. The summed E-state index contributed by atoms with van der Waals surface area (Å²) >= 11 is 4.86. The zero-order valence-electron chi connectivity index (χ0n) is 13.4. The normalized spacial score (nSPS) is 15.3. The lowest BCUT2D eigenvalue weighted by Crippen LogP contribution is -2.43. The zero-order valence-corrected chi connectivity index (χ0v) is 15.8. The number of halogens is 1. The van der Waals surface area contributed by atoms with E-state index in [2.05, 4.69) is 54.1 Å². The predicted octanol–water partition coefficient (Wildman–Crippen LogP) is 1.43. The summed E-state index contributed by atoms with van der Waals surface area (Å²) in [5.41, 5.74) is 8.30. The Labute approximate surface area is 154 Å². The second-order valence-corrected chi connectivity index (χ2v) is 6.59. The summed E-state index contributed by atoms with van der Waals surface area (Å²) in [6, 6.07) is 6.29. The number of piperazine rings is 1. The Morgan fingerprint density at radius 2 is 2.17 bits per heavy atom. The highest BCUT2D eigenvalue weighted by Gasteiger charge is 2.18. The van der Waals surface area contributed by atoms with Crippen LogP contribution in [0.15, 0.2) is 28.9 Å². The third kappa shape index (κ3) is 4.11. The molecule has 0 amide bonds. The third-order valence-corrected chi connectivity index (χ3v) is 5.17. The van der Waals surface area contributed by atoms with Crippen molar-refractivity contribution in [3.05, 3.63) is 24.5 Å². The van der Waals surface area contributed by atoms with Crippen molar-refractivity contribution >= 4 is 58.6 Å². The summed E-state index contributed by atoms with van der Waals surface area (Å²) in [5, 5.41) is 3.32. The molecule has 10 heteroatoms. The number of aromatic nitrogens is 1. The van der Waals surface area contributed by atoms with Crippen LogP contribution in [-0.2, 0) is 0 Å². The van der Waals surface area contributed by atoms with Crippen LogP contribution in [0.1, 0.15) is 0 Å². The summed E-state index contributed by atoms with van der Waals surface area (Å²) < 4.78 is 12.7. The Bertz CT molecular complexity index is 681. The molecule has 1 fully saturated rings. The van der Waals surface area contributed by atoms with Gasteiger partial charge in [-0.25, -0.2) is 9.29 Å². The van der Waals surface area contributed by atoms with Gasteiger partial charge in [0.1, 0.15) is 6.26 Å². The first-order valence-electron chi connectivity index (χ1n) is 7.60. The van der Waals surface area contributed by atoms with Gasteiger partial charge in [-0.05, 0) is 24.5 Å². The van der Waals surface area contributed by atoms with Gasteiger partial charge in [0, 0.05) is 31.9 Å². The molecule has 0 atom stereocenters. The molecule has 1 aromatic carbocycles. The van der Waals surface area contributed by atoms with E-state index in [1.807, 2.05) is 6.07 Å². The molecule has 2 heterocycles. The Morgan fingerprint density at radius 3 is 2.79 bits per heavy atom. The highest BCUT2D eigenvalue weighted by atomic mass is 79.9. The standard InChI is InChI=1S/C14H19BBrN5O2S/c1-24-21-6-4-20(5-7-21)10-2-3-12(23-16)11(8-10)19-15-13-9-22-14(17)18-13/h2-3,8-9,15,19H,4-7H2,1H3,(H2,17,18). The molecule has 3 rings (SSSR count). The lowest BCUT2D eigenvalue weighted by molar-refractivity contribution is 0.431. The fraction of sp³-hybridized carbons (Fsp3) is 0.357. The molecule has 0 aliphatic carbocycles. The molecule has 128 valence electrons. The maximum atomic E-state index is 5.50. The van der Waals surface area contributed by atoms with Gasteiger partial charge in [-0.2, -0.15) is 0 Å². The van der Waals surface area contributed by atoms with Crippen LogP contribution in [0, 0.1) is 0 Å². The molecule has 1 aliphatic heterocycles. The number of nitrogens with zero attached hydrogens (tertiary/aromatic N) is 3. The molecular weight excluding hydrogens is 393 g/mol. The molecule has 1 aliphatic rings. The second-order valence-electron chi connectivity index (χ2n) is 5.39. The van der Waals surface area contributed by atoms with Crippen LogP contribution in [0.4, 0.5) is 17.4 Å². The van der Waals surface area contributed by atoms with Gasteiger partial charge in [-0.3, -0.25) is 0 Å². The fourth-order valence-electron chi connectivity index (χ4n) is 2.64. The monoisotopic (exact) mass is 411 g/mol. The second kappa shape index (κ2) is 8.04. The van der Waals surface area contributed by atoms with Crippen molar-refractivity contribution in [3.63, 3.8) is 0 Å². The molecule has 0 unspecified atom stereocenters. The van der Waals surface area contributed by atoms with Gasteiger partial charge in [0.25, 0.3) is 13.4 Å². The number of nitrogens with one attached hydrogen (secondary N) is 1. The van der Waals surface area contributed by atoms with Gasteiger partial charge in [-0.1, -0.05) is 11.9 Å². The third-order valence-electron chi connectivity index (χ3n) is 3.94. The van der Waals surface area contributed by atoms with Crippen molar-refractivity contribution in [1.82, 2.24) is 9.29 Å². The minimum Gasteiger partial charge on any atom is -0.433 e. The first kappa shape index (κ1) is 17.3. The molecule has 3 N–H and O–H groups in total. The van der Waals surface area contributed by atoms with E-state index in [0.717, 1.165) is 43.2 Å². The predicted molar refractivity (Wildman–Crippen MR) is 105 cm³/mol. The summed E-state index contributed by atoms with van der Waals surface area (Å²) in [7, 11) is 0.508. The fourth-order valence-corrected chi connectivity index (χ4v) is 3.45. The molecule has 0 bridgehead atoms. The number of oxazole rings is 1. The minimum absolute atomic E-state index is 0.171. The van der Waals surface area contributed by atoms with Crippen LogP contribution in [0.2, 0.25) is 0 Å². The van der Waals surface area contributed by atoms with E-state index >= 15 is 0 Å². The van der Waals surface area contributed by atoms with E-state index in [4.69, 9.17) is 14.0 Å². The van der Waals surface area contributed by atoms with Crippen LogP contribution in [0.25, 0.3) is 0 Å². The largest absolute Gasteiger partial charge is 0.433 e. The molecule has 0 radical (unpaired) electrons. The van der Waals surface area contributed by atoms with E-state index in [9.17, 15) is 0 Å². The topological polar surface area (TPSA) is 79.8 Å². The zero-order chi connectivity index (χ0) is 16.9. The minimum atomic E-state index is 0.171. The maximum Gasteiger partial charge on any atom is 0.293 e. The lowest BCUT2D eigenvalue weighted by atomic mass is 9.89. The quantitative estimate of drug-likeness (QED) is 0.545. The summed E-state index contributed by atoms with van der Waals surface area (Å²) in [5.74, 6) is 0.720. The average Bonchev–Trinajstić information content (AvgIpc) is 3.05. The van der Waals surface area contributed by atoms with Crippen molar-refractivity contribution in [2.75, 3.05) is 48.3 Å². The Balaban J connectivity index is 1.70. The number of nitrogens with two attached hydrogens (primary N) is 1. The molecule has 1 saturated heterocycles. The van der Waals surface area contributed by atoms with Crippen LogP contribution in [0.5, 0.6) is 5.75 Å². The van der Waals surface area contributed by atoms with E-state index < -0.39 is 0 Å². The van der Waals surface area contributed by atoms with Gasteiger partial charge in [0.15, 0.2) is 22.0 Å². The summed E-state index contributed by atoms with van der Waals surface area (Å²) in [6.07, 6.45) is 3.67. The Kier molecular flexibility index (Phi) is 5.80. The highest BCUT2D eigenvalue weighted by Crippen LogP contribution is 2.31. The van der Waals surface area contributed by atoms with Gasteiger partial charge in [0.05, 0.1) is 11.3 Å². The molecule has 1 aromatic heterocycles. The van der Waals surface area contributed by atoms with E-state index in [-0.39, 0.29) is 6.01 Å². The van der Waals surface area contributed by atoms with Crippen molar-refractivity contribution in [3.8, 4) is 5.75 Å². The summed E-state index contributed by atoms with van der Waals surface area (Å²) in [4.78, 5) is 6.47. The number of benzene rings is 1. The van der Waals surface area contributed by atoms with Crippen molar-refractivity contribution < 1.29 is 8.25 Å². The van der Waals surface area contributed by atoms with E-state index in [1.165, 1.54) is 5.69 Å². The highest BCUT2D eigenvalue weighted by molar-refractivity contribution is 9.06. The smallest absolute Gasteiger partial charge is 0.293 e. The molecule has 0 saturated carbocycles. The molecule has 24 heavy (non-hydrogen) atoms. The van der Waals surface area contributed by atoms with Crippen LogP contribution in [-0.4, -0.2) is 49.1 Å². The van der Waals surface area contributed by atoms with Crippen molar-refractivity contribution in [1.29, 1.82) is 0 Å². The maximum absolute atomic E-state index is 5.50. The van der Waals surface area contributed by atoms with Gasteiger partial charge in [0.2, 0.25) is 0 Å². The number of nitrogen functional groups attached to an aromatic ring is 1. The van der Waals surface area contributed by atoms with E-state index in [0.29, 0.717) is 7.41 Å². The summed E-state index contributed by atoms with van der Waals surface area (Å²) in [6.45, 7) is 4.13. The van der Waals surface area contributed by atoms with Crippen LogP contribution < -0.4 is 25.3 Å². The Morgan fingerprint density at radius 1 is 1.38 bits per heavy atom. The first-order valence-corrected chi connectivity index (χ1v) is 9.43. The van der Waals surface area contributed by atoms with Gasteiger partial charge >= 0.3 is 0 Å². The van der Waals surface area contributed by atoms with E-state index in [1.54, 1.807) is 18.2 Å². The first-order chi connectivity index (χ1) is 11.7. The number of hydrogen-bond acceptors (Lipinski definition) is 8. The van der Waals surface area contributed by atoms with Gasteiger partial charge in [-0.15, -0.1) is 0 Å². The molecule has 0 spiro atoms.